The number of ether oxygens (including phenoxy) is 6. The van der Waals surface area contributed by atoms with Crippen molar-refractivity contribution >= 4 is 23.6 Å². The molecule has 0 aliphatic heterocycles. The van der Waals surface area contributed by atoms with Crippen molar-refractivity contribution in [2.24, 2.45) is 0 Å². The molecule has 0 aliphatic carbocycles. The van der Waals surface area contributed by atoms with Crippen LogP contribution in [0.2, 0.25) is 0 Å². The lowest BCUT2D eigenvalue weighted by Gasteiger charge is -2.13. The molecule has 0 radical (unpaired) electrons. The molecular formula is C29H31NO7. The Kier molecular flexibility index (Phi) is 9.43. The Hall–Kier alpha value is -4.59. The molecule has 0 aromatic heterocycles. The molecule has 0 bridgehead atoms. The molecule has 37 heavy (non-hydrogen) atoms. The van der Waals surface area contributed by atoms with Crippen molar-refractivity contribution in [1.82, 2.24) is 0 Å². The Morgan fingerprint density at radius 3 is 1.81 bits per heavy atom. The third-order valence-electron chi connectivity index (χ3n) is 5.52. The van der Waals surface area contributed by atoms with Crippen LogP contribution in [0.5, 0.6) is 34.5 Å². The summed E-state index contributed by atoms with van der Waals surface area (Å²) in [5.41, 5.74) is 2.97. The van der Waals surface area contributed by atoms with E-state index in [2.05, 4.69) is 5.32 Å². The lowest BCUT2D eigenvalue weighted by molar-refractivity contribution is 0.104. The highest BCUT2D eigenvalue weighted by molar-refractivity contribution is 6.05. The zero-order chi connectivity index (χ0) is 26.8. The van der Waals surface area contributed by atoms with Gasteiger partial charge in [0.25, 0.3) is 0 Å². The molecule has 3 rings (SSSR count). The molecular weight excluding hydrogens is 474 g/mol. The Labute approximate surface area is 217 Å². The van der Waals surface area contributed by atoms with Crippen molar-refractivity contribution < 1.29 is 33.2 Å². The summed E-state index contributed by atoms with van der Waals surface area (Å²) in [4.78, 5) is 12.6. The van der Waals surface area contributed by atoms with Crippen LogP contribution in [-0.4, -0.2) is 48.4 Å². The first-order valence-electron chi connectivity index (χ1n) is 11.3. The largest absolute Gasteiger partial charge is 0.495 e. The summed E-state index contributed by atoms with van der Waals surface area (Å²) < 4.78 is 32.2. The van der Waals surface area contributed by atoms with E-state index in [9.17, 15) is 4.79 Å². The van der Waals surface area contributed by atoms with Gasteiger partial charge in [0.15, 0.2) is 28.8 Å². The molecule has 0 atom stereocenters. The number of allylic oxidation sites excluding steroid dienone is 1. The summed E-state index contributed by atoms with van der Waals surface area (Å²) in [6.07, 6.45) is 6.90. The summed E-state index contributed by atoms with van der Waals surface area (Å²) in [6, 6.07) is 14.4. The zero-order valence-electron chi connectivity index (χ0n) is 21.8. The monoisotopic (exact) mass is 505 g/mol. The van der Waals surface area contributed by atoms with E-state index in [1.54, 1.807) is 59.9 Å². The lowest BCUT2D eigenvalue weighted by Crippen LogP contribution is -1.99. The van der Waals surface area contributed by atoms with Gasteiger partial charge in [-0.25, -0.2) is 0 Å². The van der Waals surface area contributed by atoms with E-state index in [-0.39, 0.29) is 5.78 Å². The number of hydrogen-bond acceptors (Lipinski definition) is 8. The Bertz CT molecular complexity index is 1270. The van der Waals surface area contributed by atoms with Crippen LogP contribution in [0.1, 0.15) is 21.5 Å². The predicted molar refractivity (Wildman–Crippen MR) is 145 cm³/mol. The van der Waals surface area contributed by atoms with Crippen LogP contribution in [0.4, 0.5) is 5.69 Å². The zero-order valence-corrected chi connectivity index (χ0v) is 21.8. The molecule has 0 saturated heterocycles. The normalized spacial score (nSPS) is 10.9. The summed E-state index contributed by atoms with van der Waals surface area (Å²) in [5, 5.41) is 3.13. The fourth-order valence-electron chi connectivity index (χ4n) is 3.62. The van der Waals surface area contributed by atoms with E-state index in [0.717, 1.165) is 11.1 Å². The molecule has 194 valence electrons. The van der Waals surface area contributed by atoms with Gasteiger partial charge in [0, 0.05) is 17.8 Å². The number of carbonyl (C=O) groups excluding carboxylic acids is 1. The standard InChI is InChI=1S/C29H31NO7/c1-32-24-11-9-19(7-8-20-16-27(35-4)29(37-6)28(17-20)36-5)15-22(24)30-14-13-23(31)21-10-12-25(33-2)26(18-21)34-3/h7-18,30H,1-6H3. The Balaban J connectivity index is 1.79. The van der Waals surface area contributed by atoms with E-state index in [4.69, 9.17) is 28.4 Å². The van der Waals surface area contributed by atoms with Gasteiger partial charge in [0.1, 0.15) is 5.75 Å². The first-order chi connectivity index (χ1) is 18.0. The highest BCUT2D eigenvalue weighted by Crippen LogP contribution is 2.38. The molecule has 3 aromatic carbocycles. The second kappa shape index (κ2) is 12.9. The number of methoxy groups -OCH3 is 6. The highest BCUT2D eigenvalue weighted by atomic mass is 16.5. The molecule has 0 heterocycles. The molecule has 1 N–H and O–H groups in total. The van der Waals surface area contributed by atoms with Gasteiger partial charge >= 0.3 is 0 Å². The van der Waals surface area contributed by atoms with Crippen LogP contribution in [0.3, 0.4) is 0 Å². The van der Waals surface area contributed by atoms with Gasteiger partial charge in [-0.2, -0.15) is 0 Å². The number of carbonyl (C=O) groups is 1. The number of anilines is 1. The van der Waals surface area contributed by atoms with E-state index in [1.165, 1.54) is 13.2 Å². The summed E-state index contributed by atoms with van der Waals surface area (Å²) >= 11 is 0. The van der Waals surface area contributed by atoms with E-state index in [0.29, 0.717) is 45.7 Å². The molecule has 0 aliphatic rings. The van der Waals surface area contributed by atoms with E-state index < -0.39 is 0 Å². The summed E-state index contributed by atoms with van der Waals surface area (Å²) in [6.45, 7) is 0. The van der Waals surface area contributed by atoms with Gasteiger partial charge in [-0.15, -0.1) is 0 Å². The minimum atomic E-state index is -0.189. The van der Waals surface area contributed by atoms with Crippen LogP contribution in [0.25, 0.3) is 12.2 Å². The van der Waals surface area contributed by atoms with Crippen molar-refractivity contribution in [1.29, 1.82) is 0 Å². The van der Waals surface area contributed by atoms with E-state index in [1.807, 2.05) is 42.5 Å². The average Bonchev–Trinajstić information content (AvgIpc) is 2.94. The SMILES string of the molecule is COc1ccc(C=Cc2cc(OC)c(OC)c(OC)c2)cc1NC=CC(=O)c1ccc(OC)c(OC)c1. The third-order valence-corrected chi connectivity index (χ3v) is 5.52. The fourth-order valence-corrected chi connectivity index (χ4v) is 3.62. The Morgan fingerprint density at radius 1 is 0.622 bits per heavy atom. The number of ketones is 1. The molecule has 8 heteroatoms. The van der Waals surface area contributed by atoms with Gasteiger partial charge in [0.05, 0.1) is 48.3 Å². The smallest absolute Gasteiger partial charge is 0.203 e. The van der Waals surface area contributed by atoms with Crippen LogP contribution in [0, 0.1) is 0 Å². The molecule has 0 unspecified atom stereocenters. The molecule has 0 amide bonds. The van der Waals surface area contributed by atoms with E-state index >= 15 is 0 Å². The van der Waals surface area contributed by atoms with Gasteiger partial charge < -0.3 is 33.7 Å². The van der Waals surface area contributed by atoms with Crippen molar-refractivity contribution in [2.75, 3.05) is 48.0 Å². The minimum Gasteiger partial charge on any atom is -0.495 e. The summed E-state index contributed by atoms with van der Waals surface area (Å²) in [5.74, 6) is 3.17. The average molecular weight is 506 g/mol. The predicted octanol–water partition coefficient (Wildman–Crippen LogP) is 5.72. The highest BCUT2D eigenvalue weighted by Gasteiger charge is 2.12. The lowest BCUT2D eigenvalue weighted by atomic mass is 10.1. The van der Waals surface area contributed by atoms with Gasteiger partial charge in [0.2, 0.25) is 5.75 Å². The maximum Gasteiger partial charge on any atom is 0.203 e. The molecule has 0 saturated carbocycles. The van der Waals surface area contributed by atoms with Crippen LogP contribution >= 0.6 is 0 Å². The Morgan fingerprint density at radius 2 is 1.22 bits per heavy atom. The van der Waals surface area contributed by atoms with Gasteiger partial charge in [-0.1, -0.05) is 18.2 Å². The van der Waals surface area contributed by atoms with Crippen LogP contribution in [0.15, 0.2) is 60.8 Å². The quantitative estimate of drug-likeness (QED) is 0.190. The topological polar surface area (TPSA) is 84.5 Å². The second-order valence-electron chi connectivity index (χ2n) is 7.66. The first kappa shape index (κ1) is 27.0. The number of hydrogen-bond donors (Lipinski definition) is 1. The fraction of sp³-hybridized carbons (Fsp3) is 0.207. The number of rotatable bonds is 12. The minimum absolute atomic E-state index is 0.189. The van der Waals surface area contributed by atoms with Crippen molar-refractivity contribution in [3.63, 3.8) is 0 Å². The van der Waals surface area contributed by atoms with Crippen molar-refractivity contribution in [3.05, 3.63) is 77.5 Å². The molecule has 3 aromatic rings. The summed E-state index contributed by atoms with van der Waals surface area (Å²) in [7, 11) is 9.39. The van der Waals surface area contributed by atoms with Crippen LogP contribution < -0.4 is 33.7 Å². The number of nitrogens with one attached hydrogen (secondary N) is 1. The molecule has 0 fully saturated rings. The van der Waals surface area contributed by atoms with Gasteiger partial charge in [-0.05, 0) is 53.6 Å². The maximum absolute atomic E-state index is 12.6. The van der Waals surface area contributed by atoms with Crippen molar-refractivity contribution in [2.45, 2.75) is 0 Å². The first-order valence-corrected chi connectivity index (χ1v) is 11.3. The van der Waals surface area contributed by atoms with Crippen molar-refractivity contribution in [3.8, 4) is 34.5 Å². The maximum atomic E-state index is 12.6. The van der Waals surface area contributed by atoms with Gasteiger partial charge in [-0.3, -0.25) is 4.79 Å². The molecule has 8 nitrogen and oxygen atoms in total. The second-order valence-corrected chi connectivity index (χ2v) is 7.66. The third kappa shape index (κ3) is 6.55. The van der Waals surface area contributed by atoms with Crippen LogP contribution in [-0.2, 0) is 0 Å². The number of benzene rings is 3. The molecule has 0 spiro atoms.